The minimum Gasteiger partial charge on any atom is -0.382 e. The van der Waals surface area contributed by atoms with Gasteiger partial charge in [-0.3, -0.25) is 0 Å². The first-order chi connectivity index (χ1) is 7.77. The average Bonchev–Trinajstić information content (AvgIpc) is 2.31. The van der Waals surface area contributed by atoms with E-state index in [1.165, 1.54) is 31.4 Å². The Labute approximate surface area is 99.3 Å². The van der Waals surface area contributed by atoms with Gasteiger partial charge in [0.15, 0.2) is 0 Å². The van der Waals surface area contributed by atoms with E-state index in [4.69, 9.17) is 0 Å². The summed E-state index contributed by atoms with van der Waals surface area (Å²) in [6.45, 7) is 4.71. The van der Waals surface area contributed by atoms with Crippen molar-refractivity contribution in [3.05, 3.63) is 30.3 Å². The van der Waals surface area contributed by atoms with Crippen LogP contribution in [-0.4, -0.2) is 6.04 Å². The van der Waals surface area contributed by atoms with Crippen LogP contribution >= 0.6 is 0 Å². The third-order valence-electron chi connectivity index (χ3n) is 3.80. The molecule has 16 heavy (non-hydrogen) atoms. The lowest BCUT2D eigenvalue weighted by atomic mass is 9.78. The van der Waals surface area contributed by atoms with Gasteiger partial charge in [0.05, 0.1) is 0 Å². The van der Waals surface area contributed by atoms with Crippen molar-refractivity contribution in [1.29, 1.82) is 0 Å². The molecule has 1 aliphatic carbocycles. The molecule has 1 heteroatoms. The Bertz CT molecular complexity index is 304. The molecule has 1 aromatic carbocycles. The molecule has 1 fully saturated rings. The van der Waals surface area contributed by atoms with Gasteiger partial charge in [-0.2, -0.15) is 0 Å². The van der Waals surface area contributed by atoms with Gasteiger partial charge in [-0.25, -0.2) is 0 Å². The van der Waals surface area contributed by atoms with Gasteiger partial charge >= 0.3 is 0 Å². The predicted molar refractivity (Wildman–Crippen MR) is 70.6 cm³/mol. The molecule has 2 rings (SSSR count). The highest BCUT2D eigenvalue weighted by Crippen LogP contribution is 2.32. The van der Waals surface area contributed by atoms with Crippen molar-refractivity contribution in [1.82, 2.24) is 0 Å². The van der Waals surface area contributed by atoms with E-state index in [-0.39, 0.29) is 0 Å². The van der Waals surface area contributed by atoms with Gasteiger partial charge in [-0.05, 0) is 36.8 Å². The molecule has 1 aromatic rings. The van der Waals surface area contributed by atoms with Crippen LogP contribution in [0.2, 0.25) is 0 Å². The van der Waals surface area contributed by atoms with Crippen molar-refractivity contribution in [3.63, 3.8) is 0 Å². The molecule has 0 heterocycles. The molecular formula is C15H23N. The standard InChI is InChI=1S/C15H23N/c1-12(2)14-10-6-7-11-15(14)16-13-8-4-3-5-9-13/h3-5,8-9,12,14-16H,6-7,10-11H2,1-2H3. The average molecular weight is 217 g/mol. The van der Waals surface area contributed by atoms with Crippen molar-refractivity contribution >= 4 is 5.69 Å². The van der Waals surface area contributed by atoms with Gasteiger partial charge in [-0.1, -0.05) is 44.9 Å². The Morgan fingerprint density at radius 2 is 1.75 bits per heavy atom. The lowest BCUT2D eigenvalue weighted by molar-refractivity contribution is 0.254. The molecule has 0 bridgehead atoms. The minimum atomic E-state index is 0.677. The van der Waals surface area contributed by atoms with E-state index >= 15 is 0 Å². The molecule has 0 radical (unpaired) electrons. The summed E-state index contributed by atoms with van der Waals surface area (Å²) >= 11 is 0. The van der Waals surface area contributed by atoms with Gasteiger partial charge in [0, 0.05) is 11.7 Å². The largest absolute Gasteiger partial charge is 0.382 e. The number of rotatable bonds is 3. The summed E-state index contributed by atoms with van der Waals surface area (Å²) in [6.07, 6.45) is 5.52. The second-order valence-electron chi connectivity index (χ2n) is 5.31. The maximum absolute atomic E-state index is 3.71. The normalized spacial score (nSPS) is 25.7. The van der Waals surface area contributed by atoms with Gasteiger partial charge < -0.3 is 5.32 Å². The van der Waals surface area contributed by atoms with Crippen LogP contribution in [0.3, 0.4) is 0 Å². The van der Waals surface area contributed by atoms with Gasteiger partial charge in [0.2, 0.25) is 0 Å². The zero-order chi connectivity index (χ0) is 11.4. The summed E-state index contributed by atoms with van der Waals surface area (Å²) in [5, 5.41) is 3.71. The molecule has 0 amide bonds. The van der Waals surface area contributed by atoms with E-state index in [2.05, 4.69) is 49.5 Å². The summed E-state index contributed by atoms with van der Waals surface area (Å²) in [5.41, 5.74) is 1.28. The Morgan fingerprint density at radius 3 is 2.44 bits per heavy atom. The number of hydrogen-bond acceptors (Lipinski definition) is 1. The smallest absolute Gasteiger partial charge is 0.0342 e. The quantitative estimate of drug-likeness (QED) is 0.795. The van der Waals surface area contributed by atoms with Crippen molar-refractivity contribution in [2.75, 3.05) is 5.32 Å². The van der Waals surface area contributed by atoms with Crippen LogP contribution in [0.1, 0.15) is 39.5 Å². The zero-order valence-electron chi connectivity index (χ0n) is 10.4. The van der Waals surface area contributed by atoms with Crippen molar-refractivity contribution < 1.29 is 0 Å². The minimum absolute atomic E-state index is 0.677. The van der Waals surface area contributed by atoms with Crippen molar-refractivity contribution in [2.45, 2.75) is 45.6 Å². The number of nitrogens with one attached hydrogen (secondary N) is 1. The highest BCUT2D eigenvalue weighted by Gasteiger charge is 2.27. The third-order valence-corrected chi connectivity index (χ3v) is 3.80. The molecule has 0 saturated heterocycles. The Morgan fingerprint density at radius 1 is 1.06 bits per heavy atom. The lowest BCUT2D eigenvalue weighted by Gasteiger charge is -2.35. The summed E-state index contributed by atoms with van der Waals surface area (Å²) in [6, 6.07) is 11.3. The number of anilines is 1. The third kappa shape index (κ3) is 2.78. The Kier molecular flexibility index (Phi) is 3.87. The fourth-order valence-electron chi connectivity index (χ4n) is 2.89. The highest BCUT2D eigenvalue weighted by molar-refractivity contribution is 5.43. The number of para-hydroxylation sites is 1. The van der Waals surface area contributed by atoms with Crippen LogP contribution in [0, 0.1) is 11.8 Å². The highest BCUT2D eigenvalue weighted by atomic mass is 14.9. The monoisotopic (exact) mass is 217 g/mol. The van der Waals surface area contributed by atoms with E-state index in [9.17, 15) is 0 Å². The van der Waals surface area contributed by atoms with Crippen LogP contribution in [-0.2, 0) is 0 Å². The van der Waals surface area contributed by atoms with Crippen LogP contribution in [0.25, 0.3) is 0 Å². The molecule has 1 saturated carbocycles. The summed E-state index contributed by atoms with van der Waals surface area (Å²) in [7, 11) is 0. The zero-order valence-corrected chi connectivity index (χ0v) is 10.4. The molecule has 0 aliphatic heterocycles. The lowest BCUT2D eigenvalue weighted by Crippen LogP contribution is -2.35. The fraction of sp³-hybridized carbons (Fsp3) is 0.600. The van der Waals surface area contributed by atoms with E-state index in [1.54, 1.807) is 0 Å². The van der Waals surface area contributed by atoms with Crippen LogP contribution in [0.15, 0.2) is 30.3 Å². The molecule has 88 valence electrons. The molecule has 0 spiro atoms. The fourth-order valence-corrected chi connectivity index (χ4v) is 2.89. The number of hydrogen-bond donors (Lipinski definition) is 1. The van der Waals surface area contributed by atoms with E-state index in [0.29, 0.717) is 6.04 Å². The number of benzene rings is 1. The molecule has 2 unspecified atom stereocenters. The first-order valence-electron chi connectivity index (χ1n) is 6.59. The maximum atomic E-state index is 3.71. The molecule has 2 atom stereocenters. The van der Waals surface area contributed by atoms with E-state index in [1.807, 2.05) is 0 Å². The van der Waals surface area contributed by atoms with Crippen molar-refractivity contribution in [3.8, 4) is 0 Å². The van der Waals surface area contributed by atoms with Crippen LogP contribution < -0.4 is 5.32 Å². The SMILES string of the molecule is CC(C)C1CCCCC1Nc1ccccc1. The van der Waals surface area contributed by atoms with Crippen LogP contribution in [0.5, 0.6) is 0 Å². The summed E-state index contributed by atoms with van der Waals surface area (Å²) < 4.78 is 0. The van der Waals surface area contributed by atoms with Gasteiger partial charge in [0.25, 0.3) is 0 Å². The molecule has 1 nitrogen and oxygen atoms in total. The molecule has 0 aromatic heterocycles. The first-order valence-corrected chi connectivity index (χ1v) is 6.59. The maximum Gasteiger partial charge on any atom is 0.0342 e. The summed E-state index contributed by atoms with van der Waals surface area (Å²) in [5.74, 6) is 1.63. The molecular weight excluding hydrogens is 194 g/mol. The summed E-state index contributed by atoms with van der Waals surface area (Å²) in [4.78, 5) is 0. The van der Waals surface area contributed by atoms with E-state index in [0.717, 1.165) is 11.8 Å². The molecule has 1 aliphatic rings. The van der Waals surface area contributed by atoms with Crippen molar-refractivity contribution in [2.24, 2.45) is 11.8 Å². The molecule has 1 N–H and O–H groups in total. The first kappa shape index (κ1) is 11.5. The second-order valence-corrected chi connectivity index (χ2v) is 5.31. The Balaban J connectivity index is 2.01. The predicted octanol–water partition coefficient (Wildman–Crippen LogP) is 4.31. The Hall–Kier alpha value is -0.980. The van der Waals surface area contributed by atoms with Gasteiger partial charge in [0.1, 0.15) is 0 Å². The topological polar surface area (TPSA) is 12.0 Å². The van der Waals surface area contributed by atoms with Gasteiger partial charge in [-0.15, -0.1) is 0 Å². The van der Waals surface area contributed by atoms with Crippen LogP contribution in [0.4, 0.5) is 5.69 Å². The van der Waals surface area contributed by atoms with E-state index < -0.39 is 0 Å². The second kappa shape index (κ2) is 5.38.